The van der Waals surface area contributed by atoms with Gasteiger partial charge in [-0.1, -0.05) is 12.1 Å². The van der Waals surface area contributed by atoms with E-state index in [1.54, 1.807) is 17.0 Å². The number of nitrogens with zero attached hydrogens (tertiary/aromatic N) is 2. The lowest BCUT2D eigenvalue weighted by Gasteiger charge is -2.34. The number of ether oxygens (including phenoxy) is 2. The smallest absolute Gasteiger partial charge is 0.387 e. The number of hydrogen-bond acceptors (Lipinski definition) is 6. The first-order valence-electron chi connectivity index (χ1n) is 8.68. The summed E-state index contributed by atoms with van der Waals surface area (Å²) >= 11 is 0. The minimum absolute atomic E-state index is 0.0869. The number of benzene rings is 1. The van der Waals surface area contributed by atoms with Gasteiger partial charge in [0.25, 0.3) is 0 Å². The summed E-state index contributed by atoms with van der Waals surface area (Å²) in [5.74, 6) is -0.151. The van der Waals surface area contributed by atoms with Gasteiger partial charge in [-0.2, -0.15) is 8.78 Å². The van der Waals surface area contributed by atoms with Crippen LogP contribution in [0.3, 0.4) is 0 Å². The number of carbonyl (C=O) groups is 1. The molecule has 1 fully saturated rings. The maximum Gasteiger partial charge on any atom is 0.387 e. The Morgan fingerprint density at radius 3 is 2.50 bits per heavy atom. The van der Waals surface area contributed by atoms with Crippen LogP contribution in [0.5, 0.6) is 11.5 Å². The number of para-hydroxylation sites is 1. The second kappa shape index (κ2) is 9.83. The molecule has 7 nitrogen and oxygen atoms in total. The molecule has 1 aliphatic rings. The highest BCUT2D eigenvalue weighted by atomic mass is 32.2. The fraction of sp³-hybridized carbons (Fsp3) is 0.500. The summed E-state index contributed by atoms with van der Waals surface area (Å²) < 4.78 is 57.4. The van der Waals surface area contributed by atoms with Crippen molar-refractivity contribution >= 4 is 21.8 Å². The molecule has 28 heavy (non-hydrogen) atoms. The van der Waals surface area contributed by atoms with Crippen molar-refractivity contribution in [1.82, 2.24) is 9.80 Å². The number of sulfone groups is 1. The summed E-state index contributed by atoms with van der Waals surface area (Å²) in [6.45, 7) is -0.493. The maximum absolute atomic E-state index is 12.7. The molecule has 1 heterocycles. The van der Waals surface area contributed by atoms with E-state index >= 15 is 0 Å². The van der Waals surface area contributed by atoms with E-state index in [1.807, 2.05) is 4.90 Å². The van der Waals surface area contributed by atoms with Crippen molar-refractivity contribution in [3.8, 4) is 11.5 Å². The lowest BCUT2D eigenvalue weighted by molar-refractivity contribution is -0.127. The molecule has 0 saturated carbocycles. The van der Waals surface area contributed by atoms with Crippen LogP contribution in [-0.4, -0.2) is 82.6 Å². The van der Waals surface area contributed by atoms with Crippen LogP contribution in [0, 0.1) is 0 Å². The van der Waals surface area contributed by atoms with Crippen LogP contribution < -0.4 is 9.47 Å². The zero-order chi connectivity index (χ0) is 20.7. The maximum atomic E-state index is 12.7. The molecular weight excluding hydrogens is 394 g/mol. The van der Waals surface area contributed by atoms with E-state index in [2.05, 4.69) is 4.74 Å². The molecule has 1 aliphatic heterocycles. The van der Waals surface area contributed by atoms with Gasteiger partial charge in [-0.25, -0.2) is 8.42 Å². The molecule has 10 heteroatoms. The third-order valence-electron chi connectivity index (χ3n) is 4.30. The molecule has 1 aromatic rings. The average molecular weight is 418 g/mol. The van der Waals surface area contributed by atoms with Crippen LogP contribution in [-0.2, 0) is 14.6 Å². The van der Waals surface area contributed by atoms with Crippen LogP contribution >= 0.6 is 0 Å². The first-order valence-corrected chi connectivity index (χ1v) is 10.7. The largest absolute Gasteiger partial charge is 0.493 e. The van der Waals surface area contributed by atoms with Crippen molar-refractivity contribution in [1.29, 1.82) is 0 Å². The summed E-state index contributed by atoms with van der Waals surface area (Å²) in [5, 5.41) is 0. The van der Waals surface area contributed by atoms with E-state index in [1.165, 1.54) is 31.6 Å². The van der Waals surface area contributed by atoms with Crippen molar-refractivity contribution in [2.45, 2.75) is 6.61 Å². The minimum Gasteiger partial charge on any atom is -0.493 e. The highest BCUT2D eigenvalue weighted by Gasteiger charge is 2.20. The normalized spacial score (nSPS) is 16.0. The summed E-state index contributed by atoms with van der Waals surface area (Å²) in [6, 6.07) is 4.65. The van der Waals surface area contributed by atoms with Crippen LogP contribution in [0.15, 0.2) is 24.3 Å². The molecule has 0 aromatic heterocycles. The van der Waals surface area contributed by atoms with E-state index in [-0.39, 0.29) is 23.2 Å². The van der Waals surface area contributed by atoms with E-state index in [4.69, 9.17) is 4.74 Å². The van der Waals surface area contributed by atoms with E-state index in [0.29, 0.717) is 38.3 Å². The quantitative estimate of drug-likeness (QED) is 0.596. The van der Waals surface area contributed by atoms with Gasteiger partial charge in [0.1, 0.15) is 9.84 Å². The van der Waals surface area contributed by atoms with Crippen molar-refractivity contribution in [3.63, 3.8) is 0 Å². The van der Waals surface area contributed by atoms with E-state index in [9.17, 15) is 22.0 Å². The Labute approximate surface area is 163 Å². The molecule has 2 rings (SSSR count). The summed E-state index contributed by atoms with van der Waals surface area (Å²) in [5.41, 5.74) is 0.305. The van der Waals surface area contributed by atoms with E-state index < -0.39 is 16.4 Å². The SMILES string of the molecule is COc1cccc(/C=C/C(=O)N2CCN(CCS(C)(=O)=O)CC2)c1OC(F)F. The molecule has 0 unspecified atom stereocenters. The van der Waals surface area contributed by atoms with Gasteiger partial charge in [-0.15, -0.1) is 0 Å². The average Bonchev–Trinajstić information content (AvgIpc) is 2.64. The Morgan fingerprint density at radius 1 is 1.25 bits per heavy atom. The fourth-order valence-electron chi connectivity index (χ4n) is 2.79. The summed E-state index contributed by atoms with van der Waals surface area (Å²) in [7, 11) is -1.68. The Hall–Kier alpha value is -2.20. The Kier molecular flexibility index (Phi) is 7.76. The number of hydrogen-bond donors (Lipinski definition) is 0. The first kappa shape index (κ1) is 22.1. The van der Waals surface area contributed by atoms with Gasteiger partial charge in [0.15, 0.2) is 11.5 Å². The van der Waals surface area contributed by atoms with Crippen LogP contribution in [0.1, 0.15) is 5.56 Å². The Morgan fingerprint density at radius 2 is 1.93 bits per heavy atom. The Balaban J connectivity index is 1.97. The topological polar surface area (TPSA) is 76.2 Å². The second-order valence-electron chi connectivity index (χ2n) is 6.39. The standard InChI is InChI=1S/C18H24F2N2O5S/c1-26-15-5-3-4-14(17(15)27-18(19)20)6-7-16(23)22-10-8-21(9-11-22)12-13-28(2,24)25/h3-7,18H,8-13H2,1-2H3/b7-6+. The van der Waals surface area contributed by atoms with Crippen molar-refractivity contribution in [2.24, 2.45) is 0 Å². The van der Waals surface area contributed by atoms with Crippen LogP contribution in [0.2, 0.25) is 0 Å². The molecule has 1 saturated heterocycles. The minimum atomic E-state index is -3.02. The van der Waals surface area contributed by atoms with Crippen LogP contribution in [0.4, 0.5) is 8.78 Å². The monoisotopic (exact) mass is 418 g/mol. The second-order valence-corrected chi connectivity index (χ2v) is 8.65. The molecule has 0 radical (unpaired) electrons. The number of methoxy groups -OCH3 is 1. The van der Waals surface area contributed by atoms with Gasteiger partial charge in [-0.05, 0) is 12.1 Å². The molecule has 156 valence electrons. The number of piperazine rings is 1. The van der Waals surface area contributed by atoms with Gasteiger partial charge >= 0.3 is 6.61 Å². The van der Waals surface area contributed by atoms with Crippen molar-refractivity contribution < 1.29 is 31.5 Å². The summed E-state index contributed by atoms with van der Waals surface area (Å²) in [6.07, 6.45) is 3.92. The van der Waals surface area contributed by atoms with Gasteiger partial charge in [0, 0.05) is 50.6 Å². The molecule has 0 spiro atoms. The number of carbonyl (C=O) groups excluding carboxylic acids is 1. The highest BCUT2D eigenvalue weighted by Crippen LogP contribution is 2.33. The van der Waals surface area contributed by atoms with Gasteiger partial charge in [0.05, 0.1) is 12.9 Å². The van der Waals surface area contributed by atoms with E-state index in [0.717, 1.165) is 0 Å². The number of halogens is 2. The predicted octanol–water partition coefficient (Wildman–Crippen LogP) is 1.50. The number of rotatable bonds is 8. The molecule has 1 aromatic carbocycles. The van der Waals surface area contributed by atoms with Gasteiger partial charge < -0.3 is 14.4 Å². The van der Waals surface area contributed by atoms with Crippen molar-refractivity contribution in [3.05, 3.63) is 29.8 Å². The zero-order valence-corrected chi connectivity index (χ0v) is 16.6. The molecule has 0 aliphatic carbocycles. The van der Waals surface area contributed by atoms with Gasteiger partial charge in [-0.3, -0.25) is 9.69 Å². The lowest BCUT2D eigenvalue weighted by atomic mass is 10.1. The molecule has 0 atom stereocenters. The van der Waals surface area contributed by atoms with Gasteiger partial charge in [0.2, 0.25) is 5.91 Å². The molecule has 1 amide bonds. The first-order chi connectivity index (χ1) is 13.2. The third-order valence-corrected chi connectivity index (χ3v) is 5.23. The zero-order valence-electron chi connectivity index (χ0n) is 15.8. The highest BCUT2D eigenvalue weighted by molar-refractivity contribution is 7.90. The Bertz CT molecular complexity index is 806. The predicted molar refractivity (Wildman–Crippen MR) is 101 cm³/mol. The molecular formula is C18H24F2N2O5S. The summed E-state index contributed by atoms with van der Waals surface area (Å²) in [4.78, 5) is 16.0. The third kappa shape index (κ3) is 6.75. The number of amides is 1. The lowest BCUT2D eigenvalue weighted by Crippen LogP contribution is -2.49. The molecule has 0 N–H and O–H groups in total. The fourth-order valence-corrected chi connectivity index (χ4v) is 3.38. The van der Waals surface area contributed by atoms with Crippen LogP contribution in [0.25, 0.3) is 6.08 Å². The number of alkyl halides is 2. The van der Waals surface area contributed by atoms with Crippen molar-refractivity contribution in [2.75, 3.05) is 51.8 Å². The molecule has 0 bridgehead atoms.